The number of ether oxygens (including phenoxy) is 4. The van der Waals surface area contributed by atoms with Gasteiger partial charge in [0.15, 0.2) is 11.5 Å². The Morgan fingerprint density at radius 1 is 1.07 bits per heavy atom. The lowest BCUT2D eigenvalue weighted by Crippen LogP contribution is -2.27. The van der Waals surface area contributed by atoms with Gasteiger partial charge in [0.25, 0.3) is 0 Å². The van der Waals surface area contributed by atoms with Crippen molar-refractivity contribution in [2.75, 3.05) is 28.4 Å². The van der Waals surface area contributed by atoms with E-state index in [0.29, 0.717) is 52.1 Å². The average Bonchev–Trinajstić information content (AvgIpc) is 2.76. The average molecular weight is 398 g/mol. The number of carbonyl (C=O) groups is 1. The van der Waals surface area contributed by atoms with Crippen molar-refractivity contribution in [2.45, 2.75) is 19.1 Å². The van der Waals surface area contributed by atoms with E-state index in [2.05, 4.69) is 9.88 Å². The predicted octanol–water partition coefficient (Wildman–Crippen LogP) is 2.98. The summed E-state index contributed by atoms with van der Waals surface area (Å²) in [7, 11) is 5.98. The fourth-order valence-electron chi connectivity index (χ4n) is 4.15. The number of alkyl carbamates (subject to hydrolysis) is 1. The molecular formula is C21H22N2O6. The van der Waals surface area contributed by atoms with Gasteiger partial charge in [-0.3, -0.25) is 4.79 Å². The van der Waals surface area contributed by atoms with Crippen molar-refractivity contribution in [1.29, 1.82) is 0 Å². The maximum atomic E-state index is 13.5. The lowest BCUT2D eigenvalue weighted by atomic mass is 9.94. The van der Waals surface area contributed by atoms with Gasteiger partial charge in [-0.15, -0.1) is 0 Å². The summed E-state index contributed by atoms with van der Waals surface area (Å²) >= 11 is 0. The van der Waals surface area contributed by atoms with Gasteiger partial charge < -0.3 is 28.8 Å². The monoisotopic (exact) mass is 398 g/mol. The highest BCUT2D eigenvalue weighted by molar-refractivity contribution is 6.02. The summed E-state index contributed by atoms with van der Waals surface area (Å²) in [5.41, 5.74) is 1.85. The molecule has 0 fully saturated rings. The summed E-state index contributed by atoms with van der Waals surface area (Å²) in [6.45, 7) is 0.560. The molecule has 152 valence electrons. The van der Waals surface area contributed by atoms with Gasteiger partial charge >= 0.3 is 6.09 Å². The minimum Gasteiger partial charge on any atom is -0.492 e. The molecule has 8 nitrogen and oxygen atoms in total. The molecule has 0 spiro atoms. The van der Waals surface area contributed by atoms with Gasteiger partial charge in [0.05, 0.1) is 43.3 Å². The number of fused-ring (bicyclic) bond motifs is 2. The summed E-state index contributed by atoms with van der Waals surface area (Å²) in [5.74, 6) is 0.978. The zero-order chi connectivity index (χ0) is 20.7. The third-order valence-electron chi connectivity index (χ3n) is 5.32. The Morgan fingerprint density at radius 2 is 1.76 bits per heavy atom. The van der Waals surface area contributed by atoms with Crippen LogP contribution in [0, 0.1) is 0 Å². The Morgan fingerprint density at radius 3 is 2.41 bits per heavy atom. The molecule has 1 N–H and O–H groups in total. The van der Waals surface area contributed by atoms with Crippen molar-refractivity contribution in [3.8, 4) is 17.2 Å². The molecule has 4 rings (SSSR count). The van der Waals surface area contributed by atoms with Gasteiger partial charge in [0.2, 0.25) is 11.2 Å². The number of pyridine rings is 1. The summed E-state index contributed by atoms with van der Waals surface area (Å²) in [4.78, 5) is 25.4. The first kappa shape index (κ1) is 18.9. The number of rotatable bonds is 4. The number of nitrogens with one attached hydrogen (secondary N) is 1. The van der Waals surface area contributed by atoms with Gasteiger partial charge in [-0.2, -0.15) is 0 Å². The number of hydrogen-bond donors (Lipinski definition) is 1. The smallest absolute Gasteiger partial charge is 0.407 e. The molecule has 0 aliphatic carbocycles. The summed E-state index contributed by atoms with van der Waals surface area (Å²) in [5, 5.41) is 3.44. The number of nitrogens with zero attached hydrogens (tertiary/aromatic N) is 1. The first-order chi connectivity index (χ1) is 14.1. The molecule has 1 aromatic heterocycles. The Bertz CT molecular complexity index is 1180. The highest BCUT2D eigenvalue weighted by Crippen LogP contribution is 2.51. The van der Waals surface area contributed by atoms with Crippen LogP contribution in [0.25, 0.3) is 21.8 Å². The Kier molecular flexibility index (Phi) is 4.70. The number of hydrogen-bond acceptors (Lipinski definition) is 6. The zero-order valence-electron chi connectivity index (χ0n) is 16.7. The zero-order valence-corrected chi connectivity index (χ0v) is 16.7. The van der Waals surface area contributed by atoms with Crippen LogP contribution in [0.5, 0.6) is 17.2 Å². The molecule has 2 heterocycles. The SMILES string of the molecule is CNC(=O)O[C@H]1CCn2c3ccccc3c(=O)c3c(OC)c(OC)c(OC)c1c32. The number of para-hydroxylation sites is 1. The minimum absolute atomic E-state index is 0.175. The molecule has 0 unspecified atom stereocenters. The molecule has 3 aromatic rings. The Hall–Kier alpha value is -3.42. The molecule has 2 aromatic carbocycles. The lowest BCUT2D eigenvalue weighted by molar-refractivity contribution is 0.0879. The standard InChI is InChI=1S/C21H22N2O6/c1-22-21(25)29-13-9-10-23-12-8-6-5-7-11(12)17(24)15-16(23)14(13)18(26-2)20(28-4)19(15)27-3/h5-8,13H,9-10H2,1-4H3,(H,22,25)/t13-/m0/s1. The first-order valence-corrected chi connectivity index (χ1v) is 9.22. The molecule has 1 aliphatic rings. The van der Waals surface area contributed by atoms with Gasteiger partial charge in [-0.1, -0.05) is 12.1 Å². The molecule has 8 heteroatoms. The van der Waals surface area contributed by atoms with E-state index in [1.165, 1.54) is 28.4 Å². The molecule has 0 radical (unpaired) electrons. The fourth-order valence-corrected chi connectivity index (χ4v) is 4.15. The third-order valence-corrected chi connectivity index (χ3v) is 5.32. The first-order valence-electron chi connectivity index (χ1n) is 9.22. The van der Waals surface area contributed by atoms with Crippen LogP contribution in [0.1, 0.15) is 18.1 Å². The maximum absolute atomic E-state index is 13.5. The van der Waals surface area contributed by atoms with Crippen LogP contribution in [0.3, 0.4) is 0 Å². The second kappa shape index (κ2) is 7.20. The quantitative estimate of drug-likeness (QED) is 0.680. The van der Waals surface area contributed by atoms with Crippen molar-refractivity contribution < 1.29 is 23.7 Å². The Balaban J connectivity index is 2.23. The van der Waals surface area contributed by atoms with Crippen LogP contribution in [0.2, 0.25) is 0 Å². The number of carbonyl (C=O) groups excluding carboxylic acids is 1. The second-order valence-electron chi connectivity index (χ2n) is 6.67. The number of amides is 1. The summed E-state index contributed by atoms with van der Waals surface area (Å²) in [6.07, 6.45) is -0.641. The van der Waals surface area contributed by atoms with Gasteiger partial charge in [-0.25, -0.2) is 4.79 Å². The predicted molar refractivity (Wildman–Crippen MR) is 108 cm³/mol. The van der Waals surface area contributed by atoms with E-state index in [9.17, 15) is 9.59 Å². The van der Waals surface area contributed by atoms with E-state index < -0.39 is 12.2 Å². The molecule has 0 saturated heterocycles. The summed E-state index contributed by atoms with van der Waals surface area (Å²) in [6, 6.07) is 7.42. The molecule has 1 atom stereocenters. The van der Waals surface area contributed by atoms with Crippen molar-refractivity contribution in [3.63, 3.8) is 0 Å². The fraction of sp³-hybridized carbons (Fsp3) is 0.333. The highest BCUT2D eigenvalue weighted by Gasteiger charge is 2.35. The van der Waals surface area contributed by atoms with Crippen LogP contribution in [-0.2, 0) is 11.3 Å². The largest absolute Gasteiger partial charge is 0.492 e. The van der Waals surface area contributed by atoms with Crippen molar-refractivity contribution in [2.24, 2.45) is 0 Å². The van der Waals surface area contributed by atoms with Crippen molar-refractivity contribution in [3.05, 3.63) is 40.1 Å². The molecule has 0 bridgehead atoms. The lowest BCUT2D eigenvalue weighted by Gasteiger charge is -2.31. The molecule has 0 saturated carbocycles. The van der Waals surface area contributed by atoms with Gasteiger partial charge in [-0.05, 0) is 12.1 Å². The van der Waals surface area contributed by atoms with Crippen molar-refractivity contribution >= 4 is 27.9 Å². The topological polar surface area (TPSA) is 88.0 Å². The molecule has 29 heavy (non-hydrogen) atoms. The van der Waals surface area contributed by atoms with Crippen LogP contribution >= 0.6 is 0 Å². The molecular weight excluding hydrogens is 376 g/mol. The van der Waals surface area contributed by atoms with Crippen LogP contribution in [0.4, 0.5) is 4.79 Å². The summed E-state index contributed by atoms with van der Waals surface area (Å²) < 4.78 is 24.5. The van der Waals surface area contributed by atoms with E-state index in [1.54, 1.807) is 6.07 Å². The van der Waals surface area contributed by atoms with Crippen LogP contribution < -0.4 is 25.0 Å². The van der Waals surface area contributed by atoms with E-state index in [-0.39, 0.29) is 5.43 Å². The van der Waals surface area contributed by atoms with Crippen molar-refractivity contribution in [1.82, 2.24) is 9.88 Å². The molecule has 1 aliphatic heterocycles. The van der Waals surface area contributed by atoms with Crippen LogP contribution in [0.15, 0.2) is 29.1 Å². The second-order valence-corrected chi connectivity index (χ2v) is 6.67. The van der Waals surface area contributed by atoms with E-state index in [0.717, 1.165) is 5.52 Å². The number of methoxy groups -OCH3 is 3. The number of benzene rings is 2. The van der Waals surface area contributed by atoms with Gasteiger partial charge in [0, 0.05) is 25.4 Å². The molecule has 1 amide bonds. The van der Waals surface area contributed by atoms with Gasteiger partial charge in [0.1, 0.15) is 6.10 Å². The number of aryl methyl sites for hydroxylation is 1. The highest BCUT2D eigenvalue weighted by atomic mass is 16.6. The maximum Gasteiger partial charge on any atom is 0.407 e. The normalized spacial score (nSPS) is 15.2. The van der Waals surface area contributed by atoms with E-state index in [1.807, 2.05) is 18.2 Å². The number of aromatic nitrogens is 1. The van der Waals surface area contributed by atoms with Crippen LogP contribution in [-0.4, -0.2) is 39.0 Å². The van der Waals surface area contributed by atoms with E-state index >= 15 is 0 Å². The van der Waals surface area contributed by atoms with E-state index in [4.69, 9.17) is 18.9 Å². The third kappa shape index (κ3) is 2.66. The minimum atomic E-state index is -0.604. The Labute approximate surface area is 166 Å².